The molecule has 1 unspecified atom stereocenters. The maximum absolute atomic E-state index is 5.81. The smallest absolute Gasteiger partial charge is 0.0973 e. The summed E-state index contributed by atoms with van der Waals surface area (Å²) in [4.78, 5) is 3.57. The molecule has 0 spiro atoms. The fourth-order valence-electron chi connectivity index (χ4n) is 2.80. The van der Waals surface area contributed by atoms with E-state index in [2.05, 4.69) is 37.0 Å². The van der Waals surface area contributed by atoms with Crippen molar-refractivity contribution < 1.29 is 4.74 Å². The van der Waals surface area contributed by atoms with Gasteiger partial charge >= 0.3 is 0 Å². The Bertz CT molecular complexity index is 541. The van der Waals surface area contributed by atoms with E-state index in [1.54, 1.807) is 0 Å². The maximum atomic E-state index is 5.81. The number of aromatic amines is 1. The van der Waals surface area contributed by atoms with Gasteiger partial charge in [0.25, 0.3) is 0 Å². The first-order chi connectivity index (χ1) is 8.33. The minimum atomic E-state index is 0.260. The van der Waals surface area contributed by atoms with Crippen molar-refractivity contribution in [2.24, 2.45) is 0 Å². The first kappa shape index (κ1) is 10.8. The molecule has 1 aromatic heterocycles. The van der Waals surface area contributed by atoms with Gasteiger partial charge in [-0.15, -0.1) is 0 Å². The highest BCUT2D eigenvalue weighted by Gasteiger charge is 2.23. The lowest BCUT2D eigenvalue weighted by Gasteiger charge is -2.22. The van der Waals surface area contributed by atoms with Crippen LogP contribution >= 0.6 is 0 Å². The molecule has 0 radical (unpaired) electrons. The SMILES string of the molecule is CCc1ccc2c3c([nH]c2c1)C(CC)OCC3. The van der Waals surface area contributed by atoms with Gasteiger partial charge in [0, 0.05) is 16.6 Å². The Morgan fingerprint density at radius 3 is 3.00 bits per heavy atom. The highest BCUT2D eigenvalue weighted by Crippen LogP contribution is 2.34. The first-order valence-electron chi connectivity index (χ1n) is 6.58. The van der Waals surface area contributed by atoms with Crippen LogP contribution in [0.15, 0.2) is 18.2 Å². The lowest BCUT2D eigenvalue weighted by molar-refractivity contribution is 0.0377. The number of ether oxygens (including phenoxy) is 1. The van der Waals surface area contributed by atoms with Crippen LogP contribution in [0.1, 0.15) is 43.2 Å². The highest BCUT2D eigenvalue weighted by atomic mass is 16.5. The van der Waals surface area contributed by atoms with Crippen LogP contribution in [-0.4, -0.2) is 11.6 Å². The van der Waals surface area contributed by atoms with Crippen molar-refractivity contribution in [3.63, 3.8) is 0 Å². The zero-order chi connectivity index (χ0) is 11.8. The molecule has 1 aliphatic rings. The van der Waals surface area contributed by atoms with E-state index >= 15 is 0 Å². The third-order valence-corrected chi connectivity index (χ3v) is 3.78. The summed E-state index contributed by atoms with van der Waals surface area (Å²) in [7, 11) is 0. The molecule has 2 heteroatoms. The summed E-state index contributed by atoms with van der Waals surface area (Å²) in [5.74, 6) is 0. The molecule has 0 aliphatic carbocycles. The standard InChI is InChI=1S/C15H19NO/c1-3-10-5-6-11-12-7-8-17-14(4-2)15(12)16-13(11)9-10/h5-6,9,14,16H,3-4,7-8H2,1-2H3. The minimum absolute atomic E-state index is 0.260. The Morgan fingerprint density at radius 1 is 1.35 bits per heavy atom. The van der Waals surface area contributed by atoms with Crippen molar-refractivity contribution in [2.75, 3.05) is 6.61 Å². The van der Waals surface area contributed by atoms with Gasteiger partial charge in [0.15, 0.2) is 0 Å². The minimum Gasteiger partial charge on any atom is -0.372 e. The molecule has 90 valence electrons. The van der Waals surface area contributed by atoms with Gasteiger partial charge in [-0.1, -0.05) is 26.0 Å². The summed E-state index contributed by atoms with van der Waals surface area (Å²) in [5, 5.41) is 1.39. The van der Waals surface area contributed by atoms with Crippen LogP contribution in [0.2, 0.25) is 0 Å². The van der Waals surface area contributed by atoms with Gasteiger partial charge in [-0.2, -0.15) is 0 Å². The number of hydrogen-bond donors (Lipinski definition) is 1. The van der Waals surface area contributed by atoms with Gasteiger partial charge in [0.2, 0.25) is 0 Å². The highest BCUT2D eigenvalue weighted by molar-refractivity contribution is 5.85. The topological polar surface area (TPSA) is 25.0 Å². The number of benzene rings is 1. The molecule has 1 N–H and O–H groups in total. The van der Waals surface area contributed by atoms with Gasteiger partial charge in [-0.3, -0.25) is 0 Å². The zero-order valence-electron chi connectivity index (χ0n) is 10.5. The number of hydrogen-bond acceptors (Lipinski definition) is 1. The van der Waals surface area contributed by atoms with Crippen molar-refractivity contribution in [3.05, 3.63) is 35.0 Å². The first-order valence-corrected chi connectivity index (χ1v) is 6.58. The molecule has 0 saturated carbocycles. The van der Waals surface area contributed by atoms with Crippen LogP contribution < -0.4 is 0 Å². The van der Waals surface area contributed by atoms with Gasteiger partial charge < -0.3 is 9.72 Å². The average molecular weight is 229 g/mol. The van der Waals surface area contributed by atoms with E-state index < -0.39 is 0 Å². The number of aromatic nitrogens is 1. The van der Waals surface area contributed by atoms with Crippen molar-refractivity contribution in [1.82, 2.24) is 4.98 Å². The van der Waals surface area contributed by atoms with Crippen LogP contribution in [0.4, 0.5) is 0 Å². The zero-order valence-corrected chi connectivity index (χ0v) is 10.5. The number of nitrogens with one attached hydrogen (secondary N) is 1. The van der Waals surface area contributed by atoms with Crippen molar-refractivity contribution in [3.8, 4) is 0 Å². The van der Waals surface area contributed by atoms with E-state index in [-0.39, 0.29) is 6.10 Å². The Labute approximate surface area is 102 Å². The average Bonchev–Trinajstić information content (AvgIpc) is 2.75. The predicted octanol–water partition coefficient (Wildman–Crippen LogP) is 3.75. The normalized spacial score (nSPS) is 19.5. The third-order valence-electron chi connectivity index (χ3n) is 3.78. The van der Waals surface area contributed by atoms with Crippen LogP contribution in [0.5, 0.6) is 0 Å². The van der Waals surface area contributed by atoms with Crippen LogP contribution in [-0.2, 0) is 17.6 Å². The Balaban J connectivity index is 2.18. The van der Waals surface area contributed by atoms with Gasteiger partial charge in [0.05, 0.1) is 12.7 Å². The molecule has 0 fully saturated rings. The predicted molar refractivity (Wildman–Crippen MR) is 70.4 cm³/mol. The van der Waals surface area contributed by atoms with E-state index in [9.17, 15) is 0 Å². The van der Waals surface area contributed by atoms with Crippen molar-refractivity contribution in [2.45, 2.75) is 39.2 Å². The van der Waals surface area contributed by atoms with Gasteiger partial charge in [-0.25, -0.2) is 0 Å². The summed E-state index contributed by atoms with van der Waals surface area (Å²) in [6.45, 7) is 5.23. The number of aryl methyl sites for hydroxylation is 1. The van der Waals surface area contributed by atoms with E-state index in [0.29, 0.717) is 0 Å². The fraction of sp³-hybridized carbons (Fsp3) is 0.467. The quantitative estimate of drug-likeness (QED) is 0.833. The summed E-state index contributed by atoms with van der Waals surface area (Å²) in [6.07, 6.45) is 3.43. The van der Waals surface area contributed by atoms with Crippen molar-refractivity contribution in [1.29, 1.82) is 0 Å². The second-order valence-corrected chi connectivity index (χ2v) is 4.77. The van der Waals surface area contributed by atoms with Crippen LogP contribution in [0, 0.1) is 0 Å². The molecule has 2 aromatic rings. The summed E-state index contributed by atoms with van der Waals surface area (Å²) >= 11 is 0. The second kappa shape index (κ2) is 4.19. The molecule has 1 aromatic carbocycles. The largest absolute Gasteiger partial charge is 0.372 e. The second-order valence-electron chi connectivity index (χ2n) is 4.77. The van der Waals surface area contributed by atoms with E-state index in [0.717, 1.165) is 25.9 Å². The maximum Gasteiger partial charge on any atom is 0.0973 e. The number of H-pyrrole nitrogens is 1. The van der Waals surface area contributed by atoms with Gasteiger partial charge in [-0.05, 0) is 36.5 Å². The van der Waals surface area contributed by atoms with E-state index in [1.165, 1.54) is 27.7 Å². The molecule has 0 saturated heterocycles. The lowest BCUT2D eigenvalue weighted by atomic mass is 10.0. The molecule has 0 amide bonds. The Hall–Kier alpha value is -1.28. The molecule has 1 atom stereocenters. The van der Waals surface area contributed by atoms with E-state index in [4.69, 9.17) is 4.74 Å². The van der Waals surface area contributed by atoms with Crippen LogP contribution in [0.25, 0.3) is 10.9 Å². The molecular weight excluding hydrogens is 210 g/mol. The van der Waals surface area contributed by atoms with Crippen molar-refractivity contribution >= 4 is 10.9 Å². The van der Waals surface area contributed by atoms with Gasteiger partial charge in [0.1, 0.15) is 0 Å². The molecular formula is C15H19NO. The Kier molecular flexibility index (Phi) is 2.67. The third kappa shape index (κ3) is 1.67. The molecule has 0 bridgehead atoms. The molecule has 1 aliphatic heterocycles. The Morgan fingerprint density at radius 2 is 2.24 bits per heavy atom. The summed E-state index contributed by atoms with van der Waals surface area (Å²) in [5.41, 5.74) is 5.45. The molecule has 2 nitrogen and oxygen atoms in total. The summed E-state index contributed by atoms with van der Waals surface area (Å²) in [6, 6.07) is 6.79. The summed E-state index contributed by atoms with van der Waals surface area (Å²) < 4.78 is 5.81. The number of fused-ring (bicyclic) bond motifs is 3. The molecule has 3 rings (SSSR count). The lowest BCUT2D eigenvalue weighted by Crippen LogP contribution is -2.14. The van der Waals surface area contributed by atoms with E-state index in [1.807, 2.05) is 0 Å². The molecule has 17 heavy (non-hydrogen) atoms. The molecule has 2 heterocycles. The number of rotatable bonds is 2. The fourth-order valence-corrected chi connectivity index (χ4v) is 2.80. The monoisotopic (exact) mass is 229 g/mol. The van der Waals surface area contributed by atoms with Crippen LogP contribution in [0.3, 0.4) is 0 Å².